The molecule has 0 spiro atoms. The third-order valence-corrected chi connectivity index (χ3v) is 4.01. The lowest BCUT2D eigenvalue weighted by atomic mass is 10.1. The van der Waals surface area contributed by atoms with Crippen LogP contribution in [0.4, 0.5) is 5.95 Å². The van der Waals surface area contributed by atoms with Crippen molar-refractivity contribution in [3.05, 3.63) is 30.5 Å². The van der Waals surface area contributed by atoms with Gasteiger partial charge in [-0.1, -0.05) is 0 Å². The summed E-state index contributed by atoms with van der Waals surface area (Å²) in [6.07, 6.45) is 6.76. The number of aliphatic hydroxyl groups excluding tert-OH is 1. The summed E-state index contributed by atoms with van der Waals surface area (Å²) in [5.41, 5.74) is 0.830. The fourth-order valence-corrected chi connectivity index (χ4v) is 2.99. The van der Waals surface area contributed by atoms with E-state index in [0.29, 0.717) is 17.7 Å². The Balaban J connectivity index is 1.64. The molecule has 2 aromatic heterocycles. The number of aliphatic hydroxyl groups is 1. The largest absolute Gasteiger partial charge is 0.481 e. The van der Waals surface area contributed by atoms with Gasteiger partial charge in [-0.3, -0.25) is 0 Å². The minimum Gasteiger partial charge on any atom is -0.481 e. The topological polar surface area (TPSA) is 85.1 Å². The Hall–Kier alpha value is -2.15. The summed E-state index contributed by atoms with van der Waals surface area (Å²) in [7, 11) is 1.58. The zero-order valence-corrected chi connectivity index (χ0v) is 12.8. The van der Waals surface area contributed by atoms with E-state index >= 15 is 0 Å². The maximum Gasteiger partial charge on any atom is 0.226 e. The molecule has 0 bridgehead atoms. The van der Waals surface area contributed by atoms with Gasteiger partial charge in [0.15, 0.2) is 0 Å². The standard InChI is InChI=1S/C15H21N5O2/c1-10-5-14(22-2)19-15(17-10)18-12-6-11(7-13(12)21)8-20-4-3-16-9-20/h3-5,9,11-13,21H,6-8H2,1-2H3,(H,17,18,19)/t11?,12-,13-/m1/s1. The second-order valence-corrected chi connectivity index (χ2v) is 5.79. The van der Waals surface area contributed by atoms with Gasteiger partial charge in [-0.05, 0) is 25.7 Å². The molecule has 1 saturated carbocycles. The summed E-state index contributed by atoms with van der Waals surface area (Å²) in [4.78, 5) is 12.7. The Morgan fingerprint density at radius 2 is 2.27 bits per heavy atom. The van der Waals surface area contributed by atoms with Crippen LogP contribution in [0.3, 0.4) is 0 Å². The van der Waals surface area contributed by atoms with E-state index < -0.39 is 6.10 Å². The van der Waals surface area contributed by atoms with Crippen LogP contribution in [0.1, 0.15) is 18.5 Å². The molecular weight excluding hydrogens is 282 g/mol. The molecule has 7 nitrogen and oxygen atoms in total. The van der Waals surface area contributed by atoms with Crippen molar-refractivity contribution in [2.75, 3.05) is 12.4 Å². The molecule has 2 N–H and O–H groups in total. The molecule has 0 saturated heterocycles. The molecule has 7 heteroatoms. The number of rotatable bonds is 5. The van der Waals surface area contributed by atoms with Gasteiger partial charge in [-0.15, -0.1) is 0 Å². The number of ether oxygens (including phenoxy) is 1. The summed E-state index contributed by atoms with van der Waals surface area (Å²) in [5.74, 6) is 1.44. The van der Waals surface area contributed by atoms with Crippen molar-refractivity contribution in [3.63, 3.8) is 0 Å². The molecule has 1 aliphatic carbocycles. The highest BCUT2D eigenvalue weighted by atomic mass is 16.5. The van der Waals surface area contributed by atoms with Gasteiger partial charge >= 0.3 is 0 Å². The van der Waals surface area contributed by atoms with E-state index in [0.717, 1.165) is 25.1 Å². The van der Waals surface area contributed by atoms with Crippen molar-refractivity contribution in [1.82, 2.24) is 19.5 Å². The first-order chi connectivity index (χ1) is 10.6. The maximum absolute atomic E-state index is 10.3. The van der Waals surface area contributed by atoms with Gasteiger partial charge in [0.05, 0.1) is 25.6 Å². The molecule has 3 rings (SSSR count). The molecule has 0 radical (unpaired) electrons. The summed E-state index contributed by atoms with van der Waals surface area (Å²) >= 11 is 0. The minimum atomic E-state index is -0.399. The second-order valence-electron chi connectivity index (χ2n) is 5.79. The summed E-state index contributed by atoms with van der Waals surface area (Å²) < 4.78 is 7.20. The molecule has 118 valence electrons. The van der Waals surface area contributed by atoms with Crippen LogP contribution in [0.25, 0.3) is 0 Å². The van der Waals surface area contributed by atoms with Gasteiger partial charge in [0, 0.05) is 30.7 Å². The van der Waals surface area contributed by atoms with Crippen molar-refractivity contribution in [2.45, 2.75) is 38.5 Å². The Kier molecular flexibility index (Phi) is 4.24. The van der Waals surface area contributed by atoms with Crippen molar-refractivity contribution < 1.29 is 9.84 Å². The summed E-state index contributed by atoms with van der Waals surface area (Å²) in [5, 5.41) is 13.5. The van der Waals surface area contributed by atoms with Gasteiger partial charge in [0.2, 0.25) is 11.8 Å². The van der Waals surface area contributed by atoms with Crippen LogP contribution in [0.5, 0.6) is 5.88 Å². The first-order valence-corrected chi connectivity index (χ1v) is 7.44. The molecule has 2 heterocycles. The maximum atomic E-state index is 10.3. The fourth-order valence-electron chi connectivity index (χ4n) is 2.99. The zero-order chi connectivity index (χ0) is 15.5. The molecular formula is C15H21N5O2. The molecule has 0 aliphatic heterocycles. The van der Waals surface area contributed by atoms with Crippen LogP contribution < -0.4 is 10.1 Å². The Morgan fingerprint density at radius 3 is 3.00 bits per heavy atom. The third kappa shape index (κ3) is 3.36. The molecule has 3 atom stereocenters. The van der Waals surface area contributed by atoms with E-state index in [-0.39, 0.29) is 6.04 Å². The van der Waals surface area contributed by atoms with E-state index in [1.54, 1.807) is 19.4 Å². The lowest BCUT2D eigenvalue weighted by molar-refractivity contribution is 0.166. The van der Waals surface area contributed by atoms with Gasteiger partial charge in [0.1, 0.15) is 0 Å². The van der Waals surface area contributed by atoms with E-state index in [1.165, 1.54) is 0 Å². The lowest BCUT2D eigenvalue weighted by Crippen LogP contribution is -2.29. The zero-order valence-electron chi connectivity index (χ0n) is 12.8. The second kappa shape index (κ2) is 6.31. The van der Waals surface area contributed by atoms with Gasteiger partial charge in [-0.2, -0.15) is 4.98 Å². The molecule has 1 fully saturated rings. The van der Waals surface area contributed by atoms with Gasteiger partial charge in [-0.25, -0.2) is 9.97 Å². The van der Waals surface area contributed by atoms with E-state index in [2.05, 4.69) is 20.3 Å². The number of nitrogens with zero attached hydrogens (tertiary/aromatic N) is 4. The predicted molar refractivity (Wildman–Crippen MR) is 81.7 cm³/mol. The monoisotopic (exact) mass is 303 g/mol. The van der Waals surface area contributed by atoms with Crippen molar-refractivity contribution in [3.8, 4) is 5.88 Å². The molecule has 1 unspecified atom stereocenters. The van der Waals surface area contributed by atoms with Crippen molar-refractivity contribution in [2.24, 2.45) is 5.92 Å². The number of methoxy groups -OCH3 is 1. The third-order valence-electron chi connectivity index (χ3n) is 4.01. The highest BCUT2D eigenvalue weighted by Crippen LogP contribution is 2.29. The summed E-state index contributed by atoms with van der Waals surface area (Å²) in [6, 6.07) is 1.73. The highest BCUT2D eigenvalue weighted by Gasteiger charge is 2.33. The van der Waals surface area contributed by atoms with Crippen LogP contribution >= 0.6 is 0 Å². The Labute approximate surface area is 129 Å². The number of imidazole rings is 1. The first kappa shape index (κ1) is 14.8. The van der Waals surface area contributed by atoms with E-state index in [9.17, 15) is 5.11 Å². The van der Waals surface area contributed by atoms with Crippen LogP contribution in [0, 0.1) is 12.8 Å². The highest BCUT2D eigenvalue weighted by molar-refractivity contribution is 5.32. The summed E-state index contributed by atoms with van der Waals surface area (Å²) in [6.45, 7) is 2.76. The molecule has 2 aromatic rings. The normalized spacial score (nSPS) is 24.4. The number of hydrogen-bond acceptors (Lipinski definition) is 6. The lowest BCUT2D eigenvalue weighted by Gasteiger charge is -2.17. The van der Waals surface area contributed by atoms with Crippen molar-refractivity contribution in [1.29, 1.82) is 0 Å². The minimum absolute atomic E-state index is 0.0416. The smallest absolute Gasteiger partial charge is 0.226 e. The molecule has 1 aliphatic rings. The van der Waals surface area contributed by atoms with E-state index in [4.69, 9.17) is 4.74 Å². The Morgan fingerprint density at radius 1 is 1.41 bits per heavy atom. The van der Waals surface area contributed by atoms with Crippen LogP contribution in [0.15, 0.2) is 24.8 Å². The first-order valence-electron chi connectivity index (χ1n) is 7.44. The van der Waals surface area contributed by atoms with Crippen LogP contribution in [-0.4, -0.2) is 43.9 Å². The molecule has 22 heavy (non-hydrogen) atoms. The van der Waals surface area contributed by atoms with Gasteiger partial charge < -0.3 is 19.7 Å². The van der Waals surface area contributed by atoms with Gasteiger partial charge in [0.25, 0.3) is 0 Å². The van der Waals surface area contributed by atoms with Crippen LogP contribution in [0.2, 0.25) is 0 Å². The average molecular weight is 303 g/mol. The number of anilines is 1. The SMILES string of the molecule is COc1cc(C)nc(N[C@@H]2CC(Cn3ccnc3)C[C@H]2O)n1. The molecule has 0 amide bonds. The van der Waals surface area contributed by atoms with E-state index in [1.807, 2.05) is 24.0 Å². The van der Waals surface area contributed by atoms with Crippen LogP contribution in [-0.2, 0) is 6.54 Å². The van der Waals surface area contributed by atoms with Crippen molar-refractivity contribution >= 4 is 5.95 Å². The average Bonchev–Trinajstić information content (AvgIpc) is 3.09. The number of aryl methyl sites for hydroxylation is 1. The number of aromatic nitrogens is 4. The Bertz CT molecular complexity index is 616. The quantitative estimate of drug-likeness (QED) is 0.864. The fraction of sp³-hybridized carbons (Fsp3) is 0.533. The number of hydrogen-bond donors (Lipinski definition) is 2. The number of nitrogens with one attached hydrogen (secondary N) is 1. The molecule has 0 aromatic carbocycles. The predicted octanol–water partition coefficient (Wildman–Crippen LogP) is 1.24.